The number of hydrogen-bond donors (Lipinski definition) is 0. The Hall–Kier alpha value is -3.73. The first-order valence-electron chi connectivity index (χ1n) is 9.92. The number of amides is 1. The second-order valence-corrected chi connectivity index (χ2v) is 8.00. The summed E-state index contributed by atoms with van der Waals surface area (Å²) in [5, 5.41) is 8.89. The molecule has 1 fully saturated rings. The normalized spacial score (nSPS) is 19.8. The van der Waals surface area contributed by atoms with Crippen LogP contribution < -0.4 is 5.56 Å². The van der Waals surface area contributed by atoms with E-state index < -0.39 is 0 Å². The van der Waals surface area contributed by atoms with Gasteiger partial charge in [0.15, 0.2) is 0 Å². The topological polar surface area (TPSA) is 96.8 Å². The van der Waals surface area contributed by atoms with Crippen LogP contribution in [0.15, 0.2) is 47.7 Å². The lowest BCUT2D eigenvalue weighted by molar-refractivity contribution is 0.0594. The Labute approximate surface area is 173 Å². The van der Waals surface area contributed by atoms with Crippen LogP contribution in [0.2, 0.25) is 0 Å². The summed E-state index contributed by atoms with van der Waals surface area (Å²) in [5.41, 5.74) is 2.33. The quantitative estimate of drug-likeness (QED) is 0.653. The van der Waals surface area contributed by atoms with Gasteiger partial charge in [-0.1, -0.05) is 0 Å². The molecule has 150 valence electrons. The van der Waals surface area contributed by atoms with Gasteiger partial charge in [-0.05, 0) is 36.6 Å². The van der Waals surface area contributed by atoms with Gasteiger partial charge >= 0.3 is 0 Å². The number of piperidine rings is 1. The van der Waals surface area contributed by atoms with Crippen LogP contribution in [-0.2, 0) is 13.6 Å². The maximum absolute atomic E-state index is 13.2. The second-order valence-electron chi connectivity index (χ2n) is 8.00. The van der Waals surface area contributed by atoms with E-state index in [0.717, 1.165) is 12.1 Å². The number of imidazole rings is 1. The number of nitrogens with zero attached hydrogens (tertiary/aromatic N) is 6. The molecular weight excluding hydrogens is 380 g/mol. The smallest absolute Gasteiger partial charge is 0.261 e. The van der Waals surface area contributed by atoms with Gasteiger partial charge in [0, 0.05) is 56.9 Å². The number of likely N-dealkylation sites (tertiary alicyclic amines) is 1. The summed E-state index contributed by atoms with van der Waals surface area (Å²) in [5.74, 6) is 0.926. The standard InChI is InChI=1S/C22H20N6O2/c1-26-7-6-24-20(26)18-4-5-19-16-8-14(12-28(19)22(18)30)11-27(13-16)21(29)15-2-3-17(9-23)25-10-15/h2-7,10,14,16H,8,11-13H2,1H3/t14-,16+/m0/s1. The molecule has 0 aliphatic carbocycles. The van der Waals surface area contributed by atoms with Gasteiger partial charge in [-0.25, -0.2) is 9.97 Å². The molecule has 0 N–H and O–H groups in total. The first kappa shape index (κ1) is 18.3. The zero-order chi connectivity index (χ0) is 20.8. The average Bonchev–Trinajstić information content (AvgIpc) is 3.19. The van der Waals surface area contributed by atoms with E-state index in [4.69, 9.17) is 5.26 Å². The van der Waals surface area contributed by atoms with Crippen molar-refractivity contribution in [3.05, 3.63) is 70.2 Å². The molecular formula is C22H20N6O2. The number of carbonyl (C=O) groups is 1. The molecule has 0 unspecified atom stereocenters. The van der Waals surface area contributed by atoms with Crippen molar-refractivity contribution >= 4 is 5.91 Å². The molecule has 3 aromatic heterocycles. The van der Waals surface area contributed by atoms with E-state index in [-0.39, 0.29) is 23.3 Å². The first-order valence-corrected chi connectivity index (χ1v) is 9.92. The summed E-state index contributed by atoms with van der Waals surface area (Å²) >= 11 is 0. The van der Waals surface area contributed by atoms with Gasteiger partial charge in [0.2, 0.25) is 0 Å². The van der Waals surface area contributed by atoms with Crippen LogP contribution >= 0.6 is 0 Å². The molecule has 0 saturated carbocycles. The lowest BCUT2D eigenvalue weighted by Crippen LogP contribution is -2.49. The van der Waals surface area contributed by atoms with Crippen molar-refractivity contribution in [2.75, 3.05) is 13.1 Å². The Balaban J connectivity index is 1.44. The van der Waals surface area contributed by atoms with Gasteiger partial charge in [0.25, 0.3) is 11.5 Å². The number of pyridine rings is 2. The summed E-state index contributed by atoms with van der Waals surface area (Å²) < 4.78 is 3.72. The predicted molar refractivity (Wildman–Crippen MR) is 109 cm³/mol. The number of hydrogen-bond acceptors (Lipinski definition) is 5. The Bertz CT molecular complexity index is 1230. The second kappa shape index (κ2) is 6.95. The van der Waals surface area contributed by atoms with Crippen molar-refractivity contribution in [2.24, 2.45) is 13.0 Å². The summed E-state index contributed by atoms with van der Waals surface area (Å²) in [6.45, 7) is 1.77. The third kappa shape index (κ3) is 2.90. The van der Waals surface area contributed by atoms with E-state index in [0.29, 0.717) is 42.3 Å². The van der Waals surface area contributed by atoms with Crippen molar-refractivity contribution in [3.63, 3.8) is 0 Å². The van der Waals surface area contributed by atoms with E-state index in [1.807, 2.05) is 45.5 Å². The largest absolute Gasteiger partial charge is 0.338 e. The maximum Gasteiger partial charge on any atom is 0.261 e. The third-order valence-corrected chi connectivity index (χ3v) is 6.08. The Kier molecular flexibility index (Phi) is 4.24. The molecule has 0 spiro atoms. The van der Waals surface area contributed by atoms with Crippen molar-refractivity contribution in [3.8, 4) is 17.5 Å². The van der Waals surface area contributed by atoms with Gasteiger partial charge in [0.05, 0.1) is 11.1 Å². The first-order chi connectivity index (χ1) is 14.5. The van der Waals surface area contributed by atoms with E-state index in [9.17, 15) is 9.59 Å². The highest BCUT2D eigenvalue weighted by atomic mass is 16.2. The molecule has 8 nitrogen and oxygen atoms in total. The van der Waals surface area contributed by atoms with Gasteiger partial charge in [-0.3, -0.25) is 9.59 Å². The number of carbonyl (C=O) groups excluding carboxylic acids is 1. The fourth-order valence-electron chi connectivity index (χ4n) is 4.68. The van der Waals surface area contributed by atoms with Crippen LogP contribution in [0.4, 0.5) is 0 Å². The highest BCUT2D eigenvalue weighted by Crippen LogP contribution is 2.36. The number of aromatic nitrogens is 4. The molecule has 3 aromatic rings. The summed E-state index contributed by atoms with van der Waals surface area (Å²) in [4.78, 5) is 36.3. The molecule has 2 aliphatic heterocycles. The fourth-order valence-corrected chi connectivity index (χ4v) is 4.68. The molecule has 8 heteroatoms. The lowest BCUT2D eigenvalue weighted by atomic mass is 9.82. The summed E-state index contributed by atoms with van der Waals surface area (Å²) in [6, 6.07) is 9.03. The van der Waals surface area contributed by atoms with Gasteiger partial charge in [-0.15, -0.1) is 0 Å². The van der Waals surface area contributed by atoms with E-state index in [1.54, 1.807) is 18.3 Å². The minimum atomic E-state index is -0.0814. The lowest BCUT2D eigenvalue weighted by Gasteiger charge is -2.42. The summed E-state index contributed by atoms with van der Waals surface area (Å²) in [7, 11) is 1.88. The zero-order valence-electron chi connectivity index (χ0n) is 16.5. The highest BCUT2D eigenvalue weighted by Gasteiger charge is 2.37. The van der Waals surface area contributed by atoms with Crippen molar-refractivity contribution in [1.29, 1.82) is 5.26 Å². The number of aryl methyl sites for hydroxylation is 1. The molecule has 30 heavy (non-hydrogen) atoms. The average molecular weight is 400 g/mol. The molecule has 2 aliphatic rings. The van der Waals surface area contributed by atoms with Gasteiger partial charge in [-0.2, -0.15) is 5.26 Å². The molecule has 2 bridgehead atoms. The van der Waals surface area contributed by atoms with Crippen LogP contribution in [0.5, 0.6) is 0 Å². The van der Waals surface area contributed by atoms with E-state index in [1.165, 1.54) is 6.20 Å². The maximum atomic E-state index is 13.2. The van der Waals surface area contributed by atoms with Crippen LogP contribution in [-0.4, -0.2) is 43.0 Å². The van der Waals surface area contributed by atoms with Crippen LogP contribution in [0, 0.1) is 17.2 Å². The molecule has 5 heterocycles. The van der Waals surface area contributed by atoms with Crippen molar-refractivity contribution < 1.29 is 4.79 Å². The minimum absolute atomic E-state index is 0.0208. The number of nitriles is 1. The minimum Gasteiger partial charge on any atom is -0.338 e. The predicted octanol–water partition coefficient (Wildman–Crippen LogP) is 1.77. The van der Waals surface area contributed by atoms with Gasteiger partial charge < -0.3 is 14.0 Å². The Morgan fingerprint density at radius 2 is 2.03 bits per heavy atom. The molecule has 2 atom stereocenters. The third-order valence-electron chi connectivity index (χ3n) is 6.08. The number of fused-ring (bicyclic) bond motifs is 4. The van der Waals surface area contributed by atoms with Crippen LogP contribution in [0.1, 0.15) is 34.1 Å². The molecule has 0 aromatic carbocycles. The Morgan fingerprint density at radius 3 is 2.73 bits per heavy atom. The molecule has 5 rings (SSSR count). The van der Waals surface area contributed by atoms with E-state index in [2.05, 4.69) is 9.97 Å². The van der Waals surface area contributed by atoms with Gasteiger partial charge in [0.1, 0.15) is 17.6 Å². The SMILES string of the molecule is Cn1ccnc1-c1ccc2n(c1=O)C[C@H]1C[C@@H]2CN(C(=O)c2ccc(C#N)nc2)C1. The monoisotopic (exact) mass is 400 g/mol. The van der Waals surface area contributed by atoms with Crippen molar-refractivity contribution in [1.82, 2.24) is 24.0 Å². The zero-order valence-corrected chi connectivity index (χ0v) is 16.5. The molecule has 1 saturated heterocycles. The highest BCUT2D eigenvalue weighted by molar-refractivity contribution is 5.94. The van der Waals surface area contributed by atoms with E-state index >= 15 is 0 Å². The molecule has 1 amide bonds. The van der Waals surface area contributed by atoms with Crippen LogP contribution in [0.25, 0.3) is 11.4 Å². The Morgan fingerprint density at radius 1 is 1.17 bits per heavy atom. The molecule has 0 radical (unpaired) electrons. The number of rotatable bonds is 2. The van der Waals surface area contributed by atoms with Crippen LogP contribution in [0.3, 0.4) is 0 Å². The summed E-state index contributed by atoms with van der Waals surface area (Å²) in [6.07, 6.45) is 5.95. The fraction of sp³-hybridized carbons (Fsp3) is 0.318. The van der Waals surface area contributed by atoms with Crippen molar-refractivity contribution in [2.45, 2.75) is 18.9 Å².